The zero-order chi connectivity index (χ0) is 8.20. The summed E-state index contributed by atoms with van der Waals surface area (Å²) in [6.45, 7) is 11.3. The molecule has 0 aromatic heterocycles. The van der Waals surface area contributed by atoms with Crippen molar-refractivity contribution >= 4 is 0 Å². The summed E-state index contributed by atoms with van der Waals surface area (Å²) in [4.78, 5) is 2.05. The van der Waals surface area contributed by atoms with Crippen LogP contribution in [-0.4, -0.2) is 37.7 Å². The maximum Gasteiger partial charge on any atom is 0.0589 e. The molecule has 0 spiro atoms. The molecule has 0 N–H and O–H groups in total. The molecule has 60 valence electrons. The van der Waals surface area contributed by atoms with Crippen molar-refractivity contribution in [3.05, 3.63) is 6.92 Å². The summed E-state index contributed by atoms with van der Waals surface area (Å²) >= 11 is 0. The zero-order valence-electron chi connectivity index (χ0n) is 7.35. The molecule has 0 atom stereocenters. The Morgan fingerprint density at radius 2 is 2.00 bits per heavy atom. The second kappa shape index (κ2) is 3.94. The second-order valence-electron chi connectivity index (χ2n) is 3.07. The van der Waals surface area contributed by atoms with Crippen LogP contribution < -0.4 is 0 Å². The third-order valence-corrected chi connectivity index (χ3v) is 1.61. The Morgan fingerprint density at radius 3 is 2.30 bits per heavy atom. The lowest BCUT2D eigenvalue weighted by molar-refractivity contribution is 0.122. The lowest BCUT2D eigenvalue weighted by Gasteiger charge is -2.30. The largest absolute Gasteiger partial charge is 0.383 e. The van der Waals surface area contributed by atoms with Crippen LogP contribution in [0.3, 0.4) is 0 Å². The van der Waals surface area contributed by atoms with E-state index < -0.39 is 0 Å². The molecule has 0 saturated heterocycles. The van der Waals surface area contributed by atoms with E-state index in [0.717, 1.165) is 13.2 Å². The predicted molar refractivity (Wildman–Crippen MR) is 42.9 cm³/mol. The quantitative estimate of drug-likeness (QED) is 0.583. The highest BCUT2D eigenvalue weighted by Gasteiger charge is 2.15. The van der Waals surface area contributed by atoms with Gasteiger partial charge in [0.05, 0.1) is 6.61 Å². The first-order valence-electron chi connectivity index (χ1n) is 3.47. The van der Waals surface area contributed by atoms with Crippen molar-refractivity contribution in [2.75, 3.05) is 27.3 Å². The van der Waals surface area contributed by atoms with Gasteiger partial charge in [-0.2, -0.15) is 0 Å². The van der Waals surface area contributed by atoms with Crippen LogP contribution in [0.5, 0.6) is 0 Å². The average Bonchev–Trinajstić information content (AvgIpc) is 1.80. The van der Waals surface area contributed by atoms with E-state index in [9.17, 15) is 0 Å². The summed E-state index contributed by atoms with van der Waals surface area (Å²) in [6, 6.07) is 0. The molecule has 0 heterocycles. The molecule has 0 aliphatic carbocycles. The van der Waals surface area contributed by atoms with Crippen molar-refractivity contribution in [3.63, 3.8) is 0 Å². The van der Waals surface area contributed by atoms with Gasteiger partial charge in [0, 0.05) is 19.2 Å². The van der Waals surface area contributed by atoms with Crippen LogP contribution in [0.2, 0.25) is 0 Å². The van der Waals surface area contributed by atoms with E-state index in [2.05, 4.69) is 4.90 Å². The molecule has 0 fully saturated rings. The molecule has 2 nitrogen and oxygen atoms in total. The zero-order valence-corrected chi connectivity index (χ0v) is 7.35. The minimum Gasteiger partial charge on any atom is -0.383 e. The molecule has 0 bridgehead atoms. The molecule has 0 aromatic carbocycles. The van der Waals surface area contributed by atoms with Crippen LogP contribution in [-0.2, 0) is 4.74 Å². The summed E-state index contributed by atoms with van der Waals surface area (Å²) in [7, 11) is 3.68. The van der Waals surface area contributed by atoms with Crippen LogP contribution in [0.4, 0.5) is 0 Å². The number of likely N-dealkylation sites (N-methyl/N-ethyl adjacent to an activating group) is 1. The van der Waals surface area contributed by atoms with E-state index in [1.807, 2.05) is 20.9 Å². The molecule has 0 aliphatic rings. The molecular formula is C8H17NO. The summed E-state index contributed by atoms with van der Waals surface area (Å²) in [5, 5.41) is 0. The lowest BCUT2D eigenvalue weighted by atomic mass is 10.1. The van der Waals surface area contributed by atoms with E-state index in [0.29, 0.717) is 0 Å². The Morgan fingerprint density at radius 1 is 1.50 bits per heavy atom. The van der Waals surface area contributed by atoms with Gasteiger partial charge in [0.15, 0.2) is 0 Å². The van der Waals surface area contributed by atoms with Gasteiger partial charge in [0.25, 0.3) is 0 Å². The summed E-state index contributed by atoms with van der Waals surface area (Å²) < 4.78 is 4.91. The predicted octanol–water partition coefficient (Wildman–Crippen LogP) is 1.05. The van der Waals surface area contributed by atoms with Gasteiger partial charge in [0.2, 0.25) is 0 Å². The van der Waals surface area contributed by atoms with Crippen LogP contribution in [0.15, 0.2) is 0 Å². The Bertz CT molecular complexity index is 85.7. The maximum atomic E-state index is 5.79. The van der Waals surface area contributed by atoms with Gasteiger partial charge in [0.1, 0.15) is 0 Å². The molecule has 10 heavy (non-hydrogen) atoms. The topological polar surface area (TPSA) is 12.5 Å². The number of nitrogens with zero attached hydrogens (tertiary/aromatic N) is 1. The number of methoxy groups -OCH3 is 1. The Balaban J connectivity index is 3.52. The second-order valence-corrected chi connectivity index (χ2v) is 3.07. The third kappa shape index (κ3) is 3.85. The molecular weight excluding hydrogens is 126 g/mol. The first-order chi connectivity index (χ1) is 4.48. The van der Waals surface area contributed by atoms with Crippen molar-refractivity contribution < 1.29 is 4.74 Å². The number of hydrogen-bond donors (Lipinski definition) is 0. The fraction of sp³-hybridized carbons (Fsp3) is 0.875. The fourth-order valence-corrected chi connectivity index (χ4v) is 0.516. The number of hydrogen-bond acceptors (Lipinski definition) is 2. The third-order valence-electron chi connectivity index (χ3n) is 1.61. The van der Waals surface area contributed by atoms with Gasteiger partial charge in [-0.3, -0.25) is 4.90 Å². The first kappa shape index (κ1) is 9.92. The SMILES string of the molecule is [CH]C(C)(C)N(C)CCOC. The monoisotopic (exact) mass is 143 g/mol. The standard InChI is InChI=1S/C8H17NO/c1-8(2,3)9(4)6-7-10-5/h1H,6-7H2,2-5H3. The summed E-state index contributed by atoms with van der Waals surface area (Å²) in [6.07, 6.45) is 0. The normalized spacial score (nSPS) is 12.6. The van der Waals surface area contributed by atoms with E-state index in [4.69, 9.17) is 11.7 Å². The van der Waals surface area contributed by atoms with Crippen LogP contribution in [0.1, 0.15) is 13.8 Å². The van der Waals surface area contributed by atoms with E-state index in [1.54, 1.807) is 7.11 Å². The van der Waals surface area contributed by atoms with E-state index in [1.165, 1.54) is 0 Å². The molecule has 0 amide bonds. The van der Waals surface area contributed by atoms with Crippen molar-refractivity contribution in [2.45, 2.75) is 19.4 Å². The summed E-state index contributed by atoms with van der Waals surface area (Å²) in [5.41, 5.74) is -0.238. The van der Waals surface area contributed by atoms with Crippen molar-refractivity contribution in [1.29, 1.82) is 0 Å². The van der Waals surface area contributed by atoms with Gasteiger partial charge in [-0.1, -0.05) is 0 Å². The molecule has 0 rings (SSSR count). The molecule has 2 heteroatoms. The Kier molecular flexibility index (Phi) is 3.91. The minimum atomic E-state index is -0.238. The number of rotatable bonds is 4. The van der Waals surface area contributed by atoms with Gasteiger partial charge in [-0.15, -0.1) is 0 Å². The van der Waals surface area contributed by atoms with Crippen molar-refractivity contribution in [1.82, 2.24) is 4.90 Å². The van der Waals surface area contributed by atoms with Crippen molar-refractivity contribution in [2.24, 2.45) is 0 Å². The van der Waals surface area contributed by atoms with Gasteiger partial charge >= 0.3 is 0 Å². The molecule has 0 aromatic rings. The van der Waals surface area contributed by atoms with Crippen LogP contribution in [0.25, 0.3) is 0 Å². The first-order valence-corrected chi connectivity index (χ1v) is 3.47. The molecule has 0 saturated carbocycles. The molecule has 2 radical (unpaired) electrons. The highest BCUT2D eigenvalue weighted by molar-refractivity contribution is 4.80. The highest BCUT2D eigenvalue weighted by Crippen LogP contribution is 2.08. The van der Waals surface area contributed by atoms with E-state index >= 15 is 0 Å². The van der Waals surface area contributed by atoms with Crippen molar-refractivity contribution in [3.8, 4) is 0 Å². The maximum absolute atomic E-state index is 5.79. The Hall–Kier alpha value is -0.0800. The molecule has 0 aliphatic heterocycles. The van der Waals surface area contributed by atoms with Gasteiger partial charge in [-0.05, 0) is 27.8 Å². The van der Waals surface area contributed by atoms with E-state index in [-0.39, 0.29) is 5.54 Å². The average molecular weight is 143 g/mol. The Labute approximate surface area is 64.2 Å². The minimum absolute atomic E-state index is 0.238. The molecule has 0 unspecified atom stereocenters. The highest BCUT2D eigenvalue weighted by atomic mass is 16.5. The van der Waals surface area contributed by atoms with Gasteiger partial charge in [-0.25, -0.2) is 0 Å². The van der Waals surface area contributed by atoms with Crippen LogP contribution >= 0.6 is 0 Å². The smallest absolute Gasteiger partial charge is 0.0589 e. The fourth-order valence-electron chi connectivity index (χ4n) is 0.516. The van der Waals surface area contributed by atoms with Gasteiger partial charge < -0.3 is 4.74 Å². The number of ether oxygens (including phenoxy) is 1. The van der Waals surface area contributed by atoms with Crippen LogP contribution in [0, 0.1) is 6.92 Å². The lowest BCUT2D eigenvalue weighted by Crippen LogP contribution is -2.40. The summed E-state index contributed by atoms with van der Waals surface area (Å²) in [5.74, 6) is 0.